The predicted octanol–water partition coefficient (Wildman–Crippen LogP) is 4.71. The van der Waals surface area contributed by atoms with Crippen LogP contribution in [0.1, 0.15) is 12.0 Å². The number of fused-ring (bicyclic) bond motifs is 3. The van der Waals surface area contributed by atoms with Gasteiger partial charge in [0.15, 0.2) is 5.66 Å². The van der Waals surface area contributed by atoms with Gasteiger partial charge >= 0.3 is 0 Å². The molecule has 0 fully saturated rings. The van der Waals surface area contributed by atoms with E-state index in [0.29, 0.717) is 5.02 Å². The maximum Gasteiger partial charge on any atom is 0.269 e. The van der Waals surface area contributed by atoms with Crippen LogP contribution in [-0.4, -0.2) is 35.7 Å². The highest BCUT2D eigenvalue weighted by Gasteiger charge is 2.54. The van der Waals surface area contributed by atoms with Crippen LogP contribution in [0.4, 0.5) is 11.4 Å². The summed E-state index contributed by atoms with van der Waals surface area (Å²) in [6.07, 6.45) is 0.863. The molecular formula is C18H18ClN5O2S. The third-order valence-corrected chi connectivity index (χ3v) is 6.38. The first-order valence-electron chi connectivity index (χ1n) is 8.50. The molecule has 0 spiro atoms. The molecular weight excluding hydrogens is 386 g/mol. The molecule has 9 heteroatoms. The van der Waals surface area contributed by atoms with E-state index in [0.717, 1.165) is 28.3 Å². The van der Waals surface area contributed by atoms with Crippen molar-refractivity contribution < 1.29 is 4.92 Å². The largest absolute Gasteiger partial charge is 0.280 e. The Balaban J connectivity index is 1.90. The lowest BCUT2D eigenvalue weighted by atomic mass is 9.88. The molecule has 0 bridgehead atoms. The molecule has 0 saturated carbocycles. The van der Waals surface area contributed by atoms with Crippen molar-refractivity contribution in [1.82, 2.24) is 4.90 Å². The van der Waals surface area contributed by atoms with E-state index < -0.39 is 10.6 Å². The topological polar surface area (TPSA) is 74.3 Å². The second kappa shape index (κ2) is 6.78. The van der Waals surface area contributed by atoms with Crippen molar-refractivity contribution in [3.05, 3.63) is 63.2 Å². The van der Waals surface area contributed by atoms with Crippen LogP contribution >= 0.6 is 23.4 Å². The van der Waals surface area contributed by atoms with Gasteiger partial charge in [-0.05, 0) is 50.8 Å². The standard InChI is InChI=1S/C18H18ClN5O2S/c1-22(2)18-15-11-12(19)3-8-16(15)27-10-9-17(18)20-21-23(18)13-4-6-14(7-5-13)24(25)26/h3-8,11,17H,9-10H2,1-2H3. The quantitative estimate of drug-likeness (QED) is 0.547. The molecule has 0 saturated heterocycles. The summed E-state index contributed by atoms with van der Waals surface area (Å²) in [5.74, 6) is 0.933. The lowest BCUT2D eigenvalue weighted by molar-refractivity contribution is -0.384. The highest BCUT2D eigenvalue weighted by molar-refractivity contribution is 7.99. The van der Waals surface area contributed by atoms with E-state index in [-0.39, 0.29) is 11.7 Å². The van der Waals surface area contributed by atoms with Crippen molar-refractivity contribution in [2.24, 2.45) is 10.3 Å². The van der Waals surface area contributed by atoms with Gasteiger partial charge < -0.3 is 0 Å². The van der Waals surface area contributed by atoms with Crippen LogP contribution in [0.3, 0.4) is 0 Å². The van der Waals surface area contributed by atoms with E-state index in [4.69, 9.17) is 11.6 Å². The number of benzene rings is 2. The summed E-state index contributed by atoms with van der Waals surface area (Å²) in [6, 6.07) is 12.3. The van der Waals surface area contributed by atoms with Crippen molar-refractivity contribution in [2.75, 3.05) is 24.9 Å². The summed E-state index contributed by atoms with van der Waals surface area (Å²) in [5, 5.41) is 22.6. The maximum atomic E-state index is 11.0. The summed E-state index contributed by atoms with van der Waals surface area (Å²) >= 11 is 8.15. The van der Waals surface area contributed by atoms with Gasteiger partial charge in [0.1, 0.15) is 6.04 Å². The summed E-state index contributed by atoms with van der Waals surface area (Å²) in [6.45, 7) is 0. The average Bonchev–Trinajstić information content (AvgIpc) is 2.95. The van der Waals surface area contributed by atoms with Gasteiger partial charge in [-0.3, -0.25) is 15.0 Å². The lowest BCUT2D eigenvalue weighted by Gasteiger charge is -2.45. The summed E-state index contributed by atoms with van der Waals surface area (Å²) < 4.78 is 0. The Labute approximate surface area is 166 Å². The average molecular weight is 404 g/mol. The fourth-order valence-corrected chi connectivity index (χ4v) is 5.11. The zero-order chi connectivity index (χ0) is 19.2. The van der Waals surface area contributed by atoms with E-state index in [1.807, 2.05) is 37.3 Å². The molecule has 140 valence electrons. The minimum Gasteiger partial charge on any atom is -0.280 e. The minimum absolute atomic E-state index is 0.0465. The number of non-ortho nitro benzene ring substituents is 1. The van der Waals surface area contributed by atoms with Gasteiger partial charge in [-0.25, -0.2) is 5.01 Å². The van der Waals surface area contributed by atoms with Crippen LogP contribution in [0.15, 0.2) is 57.7 Å². The lowest BCUT2D eigenvalue weighted by Crippen LogP contribution is -2.57. The van der Waals surface area contributed by atoms with Gasteiger partial charge in [-0.2, -0.15) is 5.11 Å². The molecule has 0 N–H and O–H groups in total. The van der Waals surface area contributed by atoms with Gasteiger partial charge in [-0.15, -0.1) is 11.8 Å². The normalized spacial score (nSPS) is 23.9. The Morgan fingerprint density at radius 3 is 2.70 bits per heavy atom. The second-order valence-corrected chi connectivity index (χ2v) is 8.28. The van der Waals surface area contributed by atoms with Crippen LogP contribution in [0.25, 0.3) is 0 Å². The van der Waals surface area contributed by atoms with Crippen LogP contribution in [-0.2, 0) is 5.66 Å². The Morgan fingerprint density at radius 1 is 1.30 bits per heavy atom. The first-order chi connectivity index (χ1) is 12.9. The minimum atomic E-state index is -0.639. The SMILES string of the molecule is CN(C)C12c3cc(Cl)ccc3SCCC1N=NN2c1ccc([N+](=O)[O-])cc1. The number of nitro benzene ring substituents is 1. The monoisotopic (exact) mass is 403 g/mol. The van der Waals surface area contributed by atoms with Crippen molar-refractivity contribution >= 4 is 34.7 Å². The number of hydrogen-bond acceptors (Lipinski definition) is 7. The molecule has 2 aliphatic heterocycles. The number of likely N-dealkylation sites (N-methyl/N-ethyl adjacent to an activating group) is 1. The molecule has 2 heterocycles. The molecule has 0 aromatic heterocycles. The Morgan fingerprint density at radius 2 is 2.04 bits per heavy atom. The number of nitro groups is 1. The Bertz CT molecular complexity index is 920. The van der Waals surface area contributed by atoms with Crippen molar-refractivity contribution in [3.8, 4) is 0 Å². The molecule has 2 aromatic carbocycles. The fourth-order valence-electron chi connectivity index (χ4n) is 3.84. The van der Waals surface area contributed by atoms with E-state index in [1.165, 1.54) is 12.1 Å². The van der Waals surface area contributed by atoms with E-state index >= 15 is 0 Å². The summed E-state index contributed by atoms with van der Waals surface area (Å²) in [7, 11) is 4.00. The number of hydrogen-bond donors (Lipinski definition) is 0. The van der Waals surface area contributed by atoms with Crippen molar-refractivity contribution in [3.63, 3.8) is 0 Å². The van der Waals surface area contributed by atoms with E-state index in [1.54, 1.807) is 23.9 Å². The number of thioether (sulfide) groups is 1. The Kier molecular flexibility index (Phi) is 4.57. The molecule has 27 heavy (non-hydrogen) atoms. The molecule has 2 atom stereocenters. The molecule has 2 aliphatic rings. The third-order valence-electron chi connectivity index (χ3n) is 5.04. The molecule has 0 amide bonds. The molecule has 4 rings (SSSR count). The highest BCUT2D eigenvalue weighted by atomic mass is 35.5. The number of nitrogens with zero attached hydrogens (tertiary/aromatic N) is 5. The summed E-state index contributed by atoms with van der Waals surface area (Å²) in [5.41, 5.74) is 1.21. The maximum absolute atomic E-state index is 11.0. The van der Waals surface area contributed by atoms with Crippen LogP contribution in [0.2, 0.25) is 5.02 Å². The second-order valence-electron chi connectivity index (χ2n) is 6.70. The van der Waals surface area contributed by atoms with Crippen molar-refractivity contribution in [1.29, 1.82) is 0 Å². The smallest absolute Gasteiger partial charge is 0.269 e. The first-order valence-corrected chi connectivity index (χ1v) is 9.86. The van der Waals surface area contributed by atoms with Gasteiger partial charge in [0.25, 0.3) is 5.69 Å². The van der Waals surface area contributed by atoms with Gasteiger partial charge in [-0.1, -0.05) is 16.8 Å². The first kappa shape index (κ1) is 18.2. The van der Waals surface area contributed by atoms with Gasteiger partial charge in [0.05, 0.1) is 10.6 Å². The van der Waals surface area contributed by atoms with Gasteiger partial charge in [0.2, 0.25) is 0 Å². The number of halogens is 1. The van der Waals surface area contributed by atoms with Crippen LogP contribution in [0.5, 0.6) is 0 Å². The van der Waals surface area contributed by atoms with Crippen LogP contribution in [0, 0.1) is 10.1 Å². The molecule has 0 radical (unpaired) electrons. The molecule has 0 aliphatic carbocycles. The van der Waals surface area contributed by atoms with Gasteiger partial charge in [0, 0.05) is 33.4 Å². The fraction of sp³-hybridized carbons (Fsp3) is 0.333. The van der Waals surface area contributed by atoms with Crippen molar-refractivity contribution in [2.45, 2.75) is 23.0 Å². The third kappa shape index (κ3) is 2.79. The number of anilines is 1. The molecule has 7 nitrogen and oxygen atoms in total. The van der Waals surface area contributed by atoms with Crippen LogP contribution < -0.4 is 5.01 Å². The zero-order valence-electron chi connectivity index (χ0n) is 14.9. The molecule has 2 aromatic rings. The zero-order valence-corrected chi connectivity index (χ0v) is 16.4. The highest BCUT2D eigenvalue weighted by Crippen LogP contribution is 2.50. The van der Waals surface area contributed by atoms with E-state index in [2.05, 4.69) is 15.2 Å². The Hall–Kier alpha value is -2.16. The molecule has 2 unspecified atom stereocenters. The summed E-state index contributed by atoms with van der Waals surface area (Å²) in [4.78, 5) is 13.9. The van der Waals surface area contributed by atoms with E-state index in [9.17, 15) is 10.1 Å². The predicted molar refractivity (Wildman–Crippen MR) is 106 cm³/mol. The number of rotatable bonds is 3.